The number of aromatic carboxylic acids is 1. The first kappa shape index (κ1) is 12.5. The van der Waals surface area contributed by atoms with E-state index in [9.17, 15) is 9.90 Å². The van der Waals surface area contributed by atoms with Crippen molar-refractivity contribution in [3.63, 3.8) is 0 Å². The molecule has 20 heavy (non-hydrogen) atoms. The second kappa shape index (κ2) is 4.53. The molecule has 3 aromatic rings. The number of aryl methyl sites for hydroxylation is 1. The van der Waals surface area contributed by atoms with E-state index in [4.69, 9.17) is 4.42 Å². The lowest BCUT2D eigenvalue weighted by molar-refractivity contribution is 0.0696. The van der Waals surface area contributed by atoms with Crippen LogP contribution >= 0.6 is 0 Å². The molecule has 0 spiro atoms. The highest BCUT2D eigenvalue weighted by atomic mass is 16.4. The quantitative estimate of drug-likeness (QED) is 0.747. The number of benzene rings is 2. The van der Waals surface area contributed by atoms with Crippen LogP contribution < -0.4 is 0 Å². The van der Waals surface area contributed by atoms with Crippen molar-refractivity contribution in [3.05, 3.63) is 59.2 Å². The molecule has 3 nitrogen and oxygen atoms in total. The molecular formula is C17H14O3. The zero-order valence-electron chi connectivity index (χ0n) is 11.3. The molecule has 0 aliphatic heterocycles. The predicted octanol–water partition coefficient (Wildman–Crippen LogP) is 4.41. The highest BCUT2D eigenvalue weighted by Gasteiger charge is 2.14. The molecule has 0 saturated carbocycles. The molecule has 2 aromatic carbocycles. The van der Waals surface area contributed by atoms with Crippen LogP contribution in [0, 0.1) is 13.8 Å². The van der Waals surface area contributed by atoms with Gasteiger partial charge in [-0.15, -0.1) is 0 Å². The van der Waals surface area contributed by atoms with Crippen molar-refractivity contribution >= 4 is 16.9 Å². The van der Waals surface area contributed by atoms with Crippen molar-refractivity contribution in [1.82, 2.24) is 0 Å². The Morgan fingerprint density at radius 1 is 1.10 bits per heavy atom. The molecule has 1 N–H and O–H groups in total. The second-order valence-corrected chi connectivity index (χ2v) is 4.89. The molecule has 0 saturated heterocycles. The minimum Gasteiger partial charge on any atom is -0.478 e. The van der Waals surface area contributed by atoms with Gasteiger partial charge in [-0.05, 0) is 37.1 Å². The summed E-state index contributed by atoms with van der Waals surface area (Å²) >= 11 is 0. The SMILES string of the molecule is Cc1c(C(=O)O)cccc1-c1cc2cccc(C)c2o1. The summed E-state index contributed by atoms with van der Waals surface area (Å²) in [5.74, 6) is -0.216. The van der Waals surface area contributed by atoms with Crippen LogP contribution in [0.3, 0.4) is 0 Å². The molecule has 0 bridgehead atoms. The van der Waals surface area contributed by atoms with Gasteiger partial charge in [0.1, 0.15) is 11.3 Å². The number of carboxylic acid groups (broad SMARTS) is 1. The van der Waals surface area contributed by atoms with E-state index >= 15 is 0 Å². The van der Waals surface area contributed by atoms with Crippen LogP contribution in [-0.4, -0.2) is 11.1 Å². The lowest BCUT2D eigenvalue weighted by Crippen LogP contribution is -2.00. The molecule has 0 amide bonds. The fourth-order valence-corrected chi connectivity index (χ4v) is 2.48. The Morgan fingerprint density at radius 3 is 2.55 bits per heavy atom. The normalized spacial score (nSPS) is 10.9. The molecule has 0 aliphatic rings. The maximum Gasteiger partial charge on any atom is 0.335 e. The smallest absolute Gasteiger partial charge is 0.335 e. The van der Waals surface area contributed by atoms with Crippen LogP contribution in [0.5, 0.6) is 0 Å². The van der Waals surface area contributed by atoms with E-state index in [0.717, 1.165) is 27.7 Å². The standard InChI is InChI=1S/C17H14O3/c1-10-5-3-6-12-9-15(20-16(10)12)13-7-4-8-14(11(13)2)17(18)19/h3-9H,1-2H3,(H,18,19). The van der Waals surface area contributed by atoms with Gasteiger partial charge in [0.05, 0.1) is 5.56 Å². The highest BCUT2D eigenvalue weighted by molar-refractivity contribution is 5.93. The largest absolute Gasteiger partial charge is 0.478 e. The Morgan fingerprint density at radius 2 is 1.85 bits per heavy atom. The van der Waals surface area contributed by atoms with E-state index < -0.39 is 5.97 Å². The average molecular weight is 266 g/mol. The third-order valence-corrected chi connectivity index (χ3v) is 3.57. The first-order valence-electron chi connectivity index (χ1n) is 6.40. The molecular weight excluding hydrogens is 252 g/mol. The second-order valence-electron chi connectivity index (χ2n) is 4.89. The molecule has 0 fully saturated rings. The highest BCUT2D eigenvalue weighted by Crippen LogP contribution is 2.32. The number of para-hydroxylation sites is 1. The maximum absolute atomic E-state index is 11.2. The average Bonchev–Trinajstić information content (AvgIpc) is 2.84. The van der Waals surface area contributed by atoms with E-state index in [-0.39, 0.29) is 0 Å². The summed E-state index contributed by atoms with van der Waals surface area (Å²) in [6.07, 6.45) is 0. The van der Waals surface area contributed by atoms with Gasteiger partial charge in [-0.3, -0.25) is 0 Å². The summed E-state index contributed by atoms with van der Waals surface area (Å²) in [7, 11) is 0. The Hall–Kier alpha value is -2.55. The van der Waals surface area contributed by atoms with E-state index in [1.807, 2.05) is 37.3 Å². The molecule has 3 heteroatoms. The number of carbonyl (C=O) groups is 1. The van der Waals surface area contributed by atoms with Crippen molar-refractivity contribution < 1.29 is 14.3 Å². The van der Waals surface area contributed by atoms with Crippen molar-refractivity contribution in [3.8, 4) is 11.3 Å². The van der Waals surface area contributed by atoms with Gasteiger partial charge in [-0.1, -0.05) is 30.3 Å². The summed E-state index contributed by atoms with van der Waals surface area (Å²) < 4.78 is 5.91. The van der Waals surface area contributed by atoms with E-state index in [1.54, 1.807) is 19.1 Å². The van der Waals surface area contributed by atoms with Gasteiger partial charge in [-0.25, -0.2) is 4.79 Å². The van der Waals surface area contributed by atoms with E-state index in [1.165, 1.54) is 0 Å². The summed E-state index contributed by atoms with van der Waals surface area (Å²) in [5.41, 5.74) is 3.76. The Kier molecular flexibility index (Phi) is 2.83. The zero-order chi connectivity index (χ0) is 14.3. The summed E-state index contributed by atoms with van der Waals surface area (Å²) in [4.78, 5) is 11.2. The van der Waals surface area contributed by atoms with Crippen LogP contribution in [-0.2, 0) is 0 Å². The van der Waals surface area contributed by atoms with Crippen LogP contribution in [0.25, 0.3) is 22.3 Å². The number of furan rings is 1. The third-order valence-electron chi connectivity index (χ3n) is 3.57. The lowest BCUT2D eigenvalue weighted by Gasteiger charge is -2.05. The Labute approximate surface area is 116 Å². The van der Waals surface area contributed by atoms with E-state index in [0.29, 0.717) is 11.3 Å². The number of carboxylic acids is 1. The number of fused-ring (bicyclic) bond motifs is 1. The Bertz CT molecular complexity index is 812. The van der Waals surface area contributed by atoms with Gasteiger partial charge in [0.25, 0.3) is 0 Å². The summed E-state index contributed by atoms with van der Waals surface area (Å²) in [6.45, 7) is 3.80. The van der Waals surface area contributed by atoms with Gasteiger partial charge in [0.15, 0.2) is 0 Å². The first-order chi connectivity index (χ1) is 9.58. The fourth-order valence-electron chi connectivity index (χ4n) is 2.48. The zero-order valence-corrected chi connectivity index (χ0v) is 11.3. The molecule has 3 rings (SSSR count). The van der Waals surface area contributed by atoms with Crippen LogP contribution in [0.15, 0.2) is 46.9 Å². The molecule has 1 heterocycles. The topological polar surface area (TPSA) is 50.4 Å². The molecule has 100 valence electrons. The molecule has 0 atom stereocenters. The number of hydrogen-bond acceptors (Lipinski definition) is 2. The van der Waals surface area contributed by atoms with Gasteiger partial charge >= 0.3 is 5.97 Å². The van der Waals surface area contributed by atoms with Gasteiger partial charge in [-0.2, -0.15) is 0 Å². The maximum atomic E-state index is 11.2. The molecule has 0 aliphatic carbocycles. The monoisotopic (exact) mass is 266 g/mol. The van der Waals surface area contributed by atoms with Gasteiger partial charge in [0, 0.05) is 10.9 Å². The molecule has 1 aromatic heterocycles. The lowest BCUT2D eigenvalue weighted by atomic mass is 10.0. The van der Waals surface area contributed by atoms with Crippen molar-refractivity contribution in [2.45, 2.75) is 13.8 Å². The minimum absolute atomic E-state index is 0.305. The van der Waals surface area contributed by atoms with Gasteiger partial charge in [0.2, 0.25) is 0 Å². The van der Waals surface area contributed by atoms with Crippen LogP contribution in [0.4, 0.5) is 0 Å². The summed E-state index contributed by atoms with van der Waals surface area (Å²) in [5, 5.41) is 10.2. The first-order valence-corrected chi connectivity index (χ1v) is 6.40. The van der Waals surface area contributed by atoms with Gasteiger partial charge < -0.3 is 9.52 Å². The van der Waals surface area contributed by atoms with Crippen molar-refractivity contribution in [2.75, 3.05) is 0 Å². The van der Waals surface area contributed by atoms with Crippen LogP contribution in [0.1, 0.15) is 21.5 Å². The van der Waals surface area contributed by atoms with E-state index in [2.05, 4.69) is 0 Å². The fraction of sp³-hybridized carbons (Fsp3) is 0.118. The Balaban J connectivity index is 2.23. The summed E-state index contributed by atoms with van der Waals surface area (Å²) in [6, 6.07) is 13.2. The van der Waals surface area contributed by atoms with Crippen LogP contribution in [0.2, 0.25) is 0 Å². The number of hydrogen-bond donors (Lipinski definition) is 1. The minimum atomic E-state index is -0.920. The van der Waals surface area contributed by atoms with Crippen molar-refractivity contribution in [1.29, 1.82) is 0 Å². The third kappa shape index (κ3) is 1.88. The van der Waals surface area contributed by atoms with Crippen molar-refractivity contribution in [2.24, 2.45) is 0 Å². The number of rotatable bonds is 2. The molecule has 0 unspecified atom stereocenters. The molecule has 0 radical (unpaired) electrons. The predicted molar refractivity (Wildman–Crippen MR) is 78.1 cm³/mol.